The van der Waals surface area contributed by atoms with Crippen molar-refractivity contribution in [2.45, 2.75) is 24.9 Å². The molecule has 0 radical (unpaired) electrons. The molecule has 1 aliphatic heterocycles. The van der Waals surface area contributed by atoms with Gasteiger partial charge in [0.1, 0.15) is 11.0 Å². The summed E-state index contributed by atoms with van der Waals surface area (Å²) in [5.41, 5.74) is 7.02. The molecule has 3 N–H and O–H groups in total. The molecule has 3 amide bonds. The summed E-state index contributed by atoms with van der Waals surface area (Å²) >= 11 is 1.66. The molecule has 0 spiro atoms. The van der Waals surface area contributed by atoms with E-state index in [0.717, 1.165) is 40.2 Å². The van der Waals surface area contributed by atoms with Gasteiger partial charge in [-0.05, 0) is 30.5 Å². The normalized spacial score (nSPS) is 18.4. The first-order chi connectivity index (χ1) is 13.1. The number of urea groups is 1. The van der Waals surface area contributed by atoms with E-state index in [2.05, 4.69) is 16.3 Å². The van der Waals surface area contributed by atoms with Crippen LogP contribution in [0, 0.1) is 0 Å². The minimum Gasteiger partial charge on any atom is -0.351 e. The molecule has 7 heteroatoms. The zero-order chi connectivity index (χ0) is 18.8. The SMILES string of the molecule is NC(=O)NC(=O)C(c1ccccc1)N1CCCC1c1nc2ccccc2s1. The third-order valence-electron chi connectivity index (χ3n) is 4.83. The minimum absolute atomic E-state index is 0.0335. The number of fused-ring (bicyclic) bond motifs is 1. The second-order valence-electron chi connectivity index (χ2n) is 6.58. The van der Waals surface area contributed by atoms with Crippen LogP contribution in [-0.4, -0.2) is 28.4 Å². The summed E-state index contributed by atoms with van der Waals surface area (Å²) in [6, 6.07) is 16.1. The van der Waals surface area contributed by atoms with Crippen molar-refractivity contribution in [2.24, 2.45) is 5.73 Å². The first-order valence-electron chi connectivity index (χ1n) is 8.90. The lowest BCUT2D eigenvalue weighted by molar-refractivity contribution is -0.126. The van der Waals surface area contributed by atoms with E-state index in [9.17, 15) is 9.59 Å². The van der Waals surface area contributed by atoms with Crippen molar-refractivity contribution in [3.05, 3.63) is 65.2 Å². The van der Waals surface area contributed by atoms with Crippen molar-refractivity contribution in [2.75, 3.05) is 6.54 Å². The number of carbonyl (C=O) groups is 2. The van der Waals surface area contributed by atoms with Crippen molar-refractivity contribution in [3.8, 4) is 0 Å². The van der Waals surface area contributed by atoms with Gasteiger partial charge in [-0.1, -0.05) is 42.5 Å². The fourth-order valence-corrected chi connectivity index (χ4v) is 4.84. The summed E-state index contributed by atoms with van der Waals surface area (Å²) in [4.78, 5) is 31.0. The predicted octanol–water partition coefficient (Wildman–Crippen LogP) is 3.37. The lowest BCUT2D eigenvalue weighted by atomic mass is 10.0. The van der Waals surface area contributed by atoms with Crippen molar-refractivity contribution < 1.29 is 9.59 Å². The summed E-state index contributed by atoms with van der Waals surface area (Å²) in [5.74, 6) is -0.401. The van der Waals surface area contributed by atoms with Gasteiger partial charge in [-0.25, -0.2) is 9.78 Å². The number of likely N-dealkylation sites (tertiary alicyclic amines) is 1. The van der Waals surface area contributed by atoms with E-state index in [4.69, 9.17) is 10.7 Å². The largest absolute Gasteiger partial charge is 0.351 e. The van der Waals surface area contributed by atoms with Gasteiger partial charge < -0.3 is 5.73 Å². The molecule has 2 unspecified atom stereocenters. The number of benzene rings is 2. The molecule has 2 aromatic carbocycles. The quantitative estimate of drug-likeness (QED) is 0.726. The van der Waals surface area contributed by atoms with Crippen LogP contribution in [0.3, 0.4) is 0 Å². The topological polar surface area (TPSA) is 88.3 Å². The summed E-state index contributed by atoms with van der Waals surface area (Å²) in [6.07, 6.45) is 1.89. The summed E-state index contributed by atoms with van der Waals surface area (Å²) in [6.45, 7) is 0.756. The average Bonchev–Trinajstić information content (AvgIpc) is 3.28. The molecule has 1 aromatic heterocycles. The van der Waals surface area contributed by atoms with Gasteiger partial charge in [0.15, 0.2) is 0 Å². The van der Waals surface area contributed by atoms with Gasteiger partial charge in [-0.15, -0.1) is 11.3 Å². The maximum atomic E-state index is 12.8. The maximum absolute atomic E-state index is 12.8. The summed E-state index contributed by atoms with van der Waals surface area (Å²) in [7, 11) is 0. The second kappa shape index (κ2) is 7.46. The highest BCUT2D eigenvalue weighted by Crippen LogP contribution is 2.41. The highest BCUT2D eigenvalue weighted by Gasteiger charge is 2.38. The van der Waals surface area contributed by atoms with Gasteiger partial charge in [0.25, 0.3) is 0 Å². The Labute approximate surface area is 161 Å². The molecule has 2 heterocycles. The molecule has 3 aromatic rings. The number of para-hydroxylation sites is 1. The average molecular weight is 380 g/mol. The number of nitrogens with one attached hydrogen (secondary N) is 1. The standard InChI is InChI=1S/C20H20N4O2S/c21-20(26)23-18(25)17(13-7-2-1-3-8-13)24-12-6-10-15(24)19-22-14-9-4-5-11-16(14)27-19/h1-5,7-9,11,15,17H,6,10,12H2,(H3,21,23,25,26). The molecule has 4 rings (SSSR count). The number of nitrogens with zero attached hydrogens (tertiary/aromatic N) is 2. The Kier molecular flexibility index (Phi) is 4.87. The number of amides is 3. The van der Waals surface area contributed by atoms with Crippen molar-refractivity contribution >= 4 is 33.5 Å². The van der Waals surface area contributed by atoms with E-state index >= 15 is 0 Å². The summed E-state index contributed by atoms with van der Waals surface area (Å²) in [5, 5.41) is 3.26. The molecule has 2 atom stereocenters. The molecule has 1 fully saturated rings. The van der Waals surface area contributed by atoms with Crippen molar-refractivity contribution in [1.82, 2.24) is 15.2 Å². The smallest absolute Gasteiger partial charge is 0.318 e. The molecule has 0 bridgehead atoms. The Morgan fingerprint density at radius 3 is 2.63 bits per heavy atom. The van der Waals surface area contributed by atoms with Crippen LogP contribution in [0.1, 0.15) is 35.5 Å². The van der Waals surface area contributed by atoms with Gasteiger partial charge in [0.05, 0.1) is 16.3 Å². The second-order valence-corrected chi connectivity index (χ2v) is 7.64. The maximum Gasteiger partial charge on any atom is 0.318 e. The lowest BCUT2D eigenvalue weighted by Gasteiger charge is -2.31. The number of carbonyl (C=O) groups excluding carboxylic acids is 2. The molecular weight excluding hydrogens is 360 g/mol. The molecule has 0 aliphatic carbocycles. The number of primary amides is 1. The van der Waals surface area contributed by atoms with E-state index in [1.165, 1.54) is 0 Å². The first-order valence-corrected chi connectivity index (χ1v) is 9.71. The van der Waals surface area contributed by atoms with E-state index < -0.39 is 18.0 Å². The molecule has 1 saturated heterocycles. The highest BCUT2D eigenvalue weighted by molar-refractivity contribution is 7.18. The number of aromatic nitrogens is 1. The Morgan fingerprint density at radius 2 is 1.89 bits per heavy atom. The minimum atomic E-state index is -0.836. The van der Waals surface area contributed by atoms with E-state index in [1.807, 2.05) is 48.5 Å². The Bertz CT molecular complexity index is 939. The fraction of sp³-hybridized carbons (Fsp3) is 0.250. The number of hydrogen-bond acceptors (Lipinski definition) is 5. The molecule has 1 aliphatic rings. The van der Waals surface area contributed by atoms with Gasteiger partial charge in [0.2, 0.25) is 5.91 Å². The molecule has 138 valence electrons. The van der Waals surface area contributed by atoms with Crippen LogP contribution >= 0.6 is 11.3 Å². The van der Waals surface area contributed by atoms with Crippen LogP contribution in [0.4, 0.5) is 4.79 Å². The third kappa shape index (κ3) is 3.56. The van der Waals surface area contributed by atoms with Crippen LogP contribution in [0.15, 0.2) is 54.6 Å². The Morgan fingerprint density at radius 1 is 1.15 bits per heavy atom. The van der Waals surface area contributed by atoms with E-state index in [-0.39, 0.29) is 6.04 Å². The van der Waals surface area contributed by atoms with Gasteiger partial charge in [-0.3, -0.25) is 15.0 Å². The first kappa shape index (κ1) is 17.6. The molecule has 27 heavy (non-hydrogen) atoms. The third-order valence-corrected chi connectivity index (χ3v) is 5.97. The predicted molar refractivity (Wildman–Crippen MR) is 105 cm³/mol. The highest BCUT2D eigenvalue weighted by atomic mass is 32.1. The van der Waals surface area contributed by atoms with Crippen LogP contribution in [0.25, 0.3) is 10.2 Å². The summed E-state index contributed by atoms with van der Waals surface area (Å²) < 4.78 is 1.14. The van der Waals surface area contributed by atoms with Crippen LogP contribution in [0.5, 0.6) is 0 Å². The van der Waals surface area contributed by atoms with E-state index in [0.29, 0.717) is 0 Å². The number of nitrogens with two attached hydrogens (primary N) is 1. The number of thiazole rings is 1. The molecule has 0 saturated carbocycles. The van der Waals surface area contributed by atoms with E-state index in [1.54, 1.807) is 11.3 Å². The van der Waals surface area contributed by atoms with Gasteiger partial charge >= 0.3 is 6.03 Å². The number of imide groups is 1. The van der Waals surface area contributed by atoms with Gasteiger partial charge in [-0.2, -0.15) is 0 Å². The zero-order valence-corrected chi connectivity index (χ0v) is 15.5. The Balaban J connectivity index is 1.71. The van der Waals surface area contributed by atoms with Crippen molar-refractivity contribution in [3.63, 3.8) is 0 Å². The van der Waals surface area contributed by atoms with Crippen LogP contribution in [0.2, 0.25) is 0 Å². The lowest BCUT2D eigenvalue weighted by Crippen LogP contribution is -2.44. The number of hydrogen-bond donors (Lipinski definition) is 2. The van der Waals surface area contributed by atoms with Crippen LogP contribution in [-0.2, 0) is 4.79 Å². The molecule has 6 nitrogen and oxygen atoms in total. The van der Waals surface area contributed by atoms with Crippen molar-refractivity contribution in [1.29, 1.82) is 0 Å². The Hall–Kier alpha value is -2.77. The molecular formula is C20H20N4O2S. The number of rotatable bonds is 4. The monoisotopic (exact) mass is 380 g/mol. The van der Waals surface area contributed by atoms with Gasteiger partial charge in [0, 0.05) is 6.54 Å². The van der Waals surface area contributed by atoms with Crippen LogP contribution < -0.4 is 11.1 Å². The zero-order valence-electron chi connectivity index (χ0n) is 14.7. The fourth-order valence-electron chi connectivity index (χ4n) is 3.71.